The van der Waals surface area contributed by atoms with Gasteiger partial charge >= 0.3 is 0 Å². The third-order valence-corrected chi connectivity index (χ3v) is 4.79. The maximum atomic E-state index is 12.3. The van der Waals surface area contributed by atoms with Crippen LogP contribution in [-0.2, 0) is 9.59 Å². The van der Waals surface area contributed by atoms with Crippen LogP contribution in [0.2, 0.25) is 0 Å². The number of β-amino-alcohol motifs (C(OH)–C–C–N with tert-alkyl or cyclic N) is 1. The number of hydrogen-bond donors (Lipinski definition) is 2. The molecule has 6 nitrogen and oxygen atoms in total. The second kappa shape index (κ2) is 7.70. The number of nitrogens with one attached hydrogen (secondary N) is 1. The number of carbonyl (C=O) groups excluding carboxylic acids is 2. The van der Waals surface area contributed by atoms with Crippen LogP contribution in [0.4, 0.5) is 0 Å². The molecule has 23 heavy (non-hydrogen) atoms. The van der Waals surface area contributed by atoms with E-state index in [0.29, 0.717) is 19.4 Å². The Labute approximate surface area is 140 Å². The predicted octanol–water partition coefficient (Wildman–Crippen LogP) is 1.34. The summed E-state index contributed by atoms with van der Waals surface area (Å²) in [6, 6.07) is 0. The van der Waals surface area contributed by atoms with Gasteiger partial charge in [0.15, 0.2) is 0 Å². The molecule has 1 aliphatic rings. The quantitative estimate of drug-likeness (QED) is 0.795. The third kappa shape index (κ3) is 5.14. The van der Waals surface area contributed by atoms with Gasteiger partial charge < -0.3 is 15.3 Å². The Kier molecular flexibility index (Phi) is 5.90. The highest BCUT2D eigenvalue weighted by molar-refractivity contribution is 7.09. The fourth-order valence-corrected chi connectivity index (χ4v) is 3.28. The van der Waals surface area contributed by atoms with Gasteiger partial charge in [0.2, 0.25) is 11.8 Å². The van der Waals surface area contributed by atoms with Gasteiger partial charge in [0.05, 0.1) is 16.3 Å². The van der Waals surface area contributed by atoms with Crippen molar-refractivity contribution in [1.82, 2.24) is 15.2 Å². The van der Waals surface area contributed by atoms with Gasteiger partial charge in [-0.25, -0.2) is 4.98 Å². The molecular weight excluding hydrogens is 314 g/mol. The summed E-state index contributed by atoms with van der Waals surface area (Å²) >= 11 is 1.54. The minimum absolute atomic E-state index is 0.0966. The number of aliphatic hydroxyl groups is 1. The Hall–Kier alpha value is -1.73. The lowest BCUT2D eigenvalue weighted by Crippen LogP contribution is -2.50. The summed E-state index contributed by atoms with van der Waals surface area (Å²) in [5.41, 5.74) is -0.210. The minimum Gasteiger partial charge on any atom is -0.388 e. The van der Waals surface area contributed by atoms with E-state index in [4.69, 9.17) is 0 Å². The van der Waals surface area contributed by atoms with E-state index < -0.39 is 5.60 Å². The van der Waals surface area contributed by atoms with E-state index in [1.807, 2.05) is 12.3 Å². The molecule has 2 rings (SSSR count). The number of likely N-dealkylation sites (tertiary alicyclic amines) is 1. The van der Waals surface area contributed by atoms with Crippen LogP contribution in [0.25, 0.3) is 6.08 Å². The molecule has 1 aliphatic heterocycles. The lowest BCUT2D eigenvalue weighted by atomic mass is 9.88. The summed E-state index contributed by atoms with van der Waals surface area (Å²) in [6.07, 6.45) is 5.18. The average Bonchev–Trinajstić information content (AvgIpc) is 2.96. The first-order chi connectivity index (χ1) is 10.9. The first-order valence-electron chi connectivity index (χ1n) is 7.74. The summed E-state index contributed by atoms with van der Waals surface area (Å²) in [6.45, 7) is 2.81. The number of carbonyl (C=O) groups is 2. The Bertz CT molecular complexity index is 599. The number of aromatic nitrogens is 1. The van der Waals surface area contributed by atoms with Crippen molar-refractivity contribution in [3.8, 4) is 0 Å². The summed E-state index contributed by atoms with van der Waals surface area (Å²) in [5.74, 6) is -0.227. The van der Waals surface area contributed by atoms with Crippen LogP contribution in [-0.4, -0.2) is 52.5 Å². The summed E-state index contributed by atoms with van der Waals surface area (Å²) in [5, 5.41) is 16.0. The lowest BCUT2D eigenvalue weighted by Gasteiger charge is -2.38. The van der Waals surface area contributed by atoms with E-state index >= 15 is 0 Å². The second-order valence-corrected chi connectivity index (χ2v) is 6.95. The van der Waals surface area contributed by atoms with Crippen LogP contribution in [0, 0.1) is 6.92 Å². The molecule has 0 bridgehead atoms. The van der Waals surface area contributed by atoms with Crippen LogP contribution >= 0.6 is 11.3 Å². The van der Waals surface area contributed by atoms with Crippen molar-refractivity contribution in [3.05, 3.63) is 22.2 Å². The van der Waals surface area contributed by atoms with E-state index in [-0.39, 0.29) is 24.8 Å². The van der Waals surface area contributed by atoms with Crippen molar-refractivity contribution < 1.29 is 14.7 Å². The van der Waals surface area contributed by atoms with Crippen molar-refractivity contribution in [2.45, 2.75) is 38.2 Å². The highest BCUT2D eigenvalue weighted by Gasteiger charge is 2.34. The highest BCUT2D eigenvalue weighted by Crippen LogP contribution is 2.26. The largest absolute Gasteiger partial charge is 0.388 e. The molecule has 1 saturated heterocycles. The molecule has 7 heteroatoms. The highest BCUT2D eigenvalue weighted by atomic mass is 32.1. The molecule has 2 heterocycles. The van der Waals surface area contributed by atoms with Gasteiger partial charge in [-0.05, 0) is 32.3 Å². The number of thiazole rings is 1. The minimum atomic E-state index is -0.981. The van der Waals surface area contributed by atoms with Crippen LogP contribution in [0.15, 0.2) is 11.5 Å². The normalized spacial score (nSPS) is 21.6. The molecule has 1 aromatic rings. The predicted molar refractivity (Wildman–Crippen MR) is 89.9 cm³/mol. The Morgan fingerprint density at radius 2 is 2.35 bits per heavy atom. The summed E-state index contributed by atoms with van der Waals surface area (Å²) < 4.78 is 0. The van der Waals surface area contributed by atoms with Crippen molar-refractivity contribution in [2.75, 3.05) is 20.1 Å². The van der Waals surface area contributed by atoms with Gasteiger partial charge in [-0.15, -0.1) is 11.3 Å². The molecule has 0 unspecified atom stereocenters. The monoisotopic (exact) mass is 337 g/mol. The molecular formula is C16H23N3O3S. The van der Waals surface area contributed by atoms with Crippen molar-refractivity contribution in [1.29, 1.82) is 0 Å². The van der Waals surface area contributed by atoms with E-state index in [1.54, 1.807) is 18.0 Å². The number of amides is 2. The first kappa shape index (κ1) is 17.6. The molecule has 1 atom stereocenters. The zero-order valence-corrected chi connectivity index (χ0v) is 14.4. The zero-order valence-electron chi connectivity index (χ0n) is 13.5. The van der Waals surface area contributed by atoms with E-state index in [0.717, 1.165) is 17.1 Å². The van der Waals surface area contributed by atoms with Gasteiger partial charge in [-0.1, -0.05) is 0 Å². The molecule has 0 aliphatic carbocycles. The maximum Gasteiger partial charge on any atom is 0.246 e. The van der Waals surface area contributed by atoms with Crippen LogP contribution < -0.4 is 5.32 Å². The second-order valence-electron chi connectivity index (χ2n) is 5.89. The maximum absolute atomic E-state index is 12.3. The number of rotatable bonds is 5. The van der Waals surface area contributed by atoms with Crippen LogP contribution in [0.5, 0.6) is 0 Å². The van der Waals surface area contributed by atoms with Crippen molar-refractivity contribution in [3.63, 3.8) is 0 Å². The SMILES string of the molecule is CNC(=O)CC[C@]1(O)CCCN(C(=O)/C=C/c2csc(C)n2)C1. The molecule has 0 spiro atoms. The molecule has 1 fully saturated rings. The number of aryl methyl sites for hydroxylation is 1. The van der Waals surface area contributed by atoms with Crippen LogP contribution in [0.3, 0.4) is 0 Å². The standard InChI is InChI=1S/C16H23N3O3S/c1-12-18-13(10-23-12)4-5-15(21)19-9-3-7-16(22,11-19)8-6-14(20)17-2/h4-5,10,22H,3,6-9,11H2,1-2H3,(H,17,20)/b5-4+/t16-/m1/s1. The third-order valence-electron chi connectivity index (χ3n) is 4.00. The van der Waals surface area contributed by atoms with E-state index in [2.05, 4.69) is 10.3 Å². The Morgan fingerprint density at radius 3 is 3.00 bits per heavy atom. The van der Waals surface area contributed by atoms with Gasteiger partial charge in [0.25, 0.3) is 0 Å². The molecule has 0 radical (unpaired) electrons. The zero-order chi connectivity index (χ0) is 16.9. The van der Waals surface area contributed by atoms with Gasteiger partial charge in [-0.2, -0.15) is 0 Å². The fourth-order valence-electron chi connectivity index (χ4n) is 2.69. The Morgan fingerprint density at radius 1 is 1.57 bits per heavy atom. The lowest BCUT2D eigenvalue weighted by molar-refractivity contribution is -0.134. The number of piperidine rings is 1. The van der Waals surface area contributed by atoms with E-state index in [1.165, 1.54) is 17.4 Å². The summed E-state index contributed by atoms with van der Waals surface area (Å²) in [4.78, 5) is 29.6. The smallest absolute Gasteiger partial charge is 0.246 e. The van der Waals surface area contributed by atoms with Gasteiger partial charge in [0, 0.05) is 38.0 Å². The average molecular weight is 337 g/mol. The molecule has 126 valence electrons. The fraction of sp³-hybridized carbons (Fsp3) is 0.562. The Balaban J connectivity index is 1.92. The number of hydrogen-bond acceptors (Lipinski definition) is 5. The first-order valence-corrected chi connectivity index (χ1v) is 8.62. The van der Waals surface area contributed by atoms with Gasteiger partial charge in [-0.3, -0.25) is 9.59 Å². The molecule has 0 aromatic carbocycles. The molecule has 1 aromatic heterocycles. The van der Waals surface area contributed by atoms with Gasteiger partial charge in [0.1, 0.15) is 0 Å². The topological polar surface area (TPSA) is 82.5 Å². The van der Waals surface area contributed by atoms with Crippen LogP contribution in [0.1, 0.15) is 36.4 Å². The molecule has 2 amide bonds. The molecule has 0 saturated carbocycles. The number of nitrogens with zero attached hydrogens (tertiary/aromatic N) is 2. The summed E-state index contributed by atoms with van der Waals surface area (Å²) in [7, 11) is 1.58. The van der Waals surface area contributed by atoms with Crippen molar-refractivity contribution >= 4 is 29.2 Å². The van der Waals surface area contributed by atoms with Crippen molar-refractivity contribution in [2.24, 2.45) is 0 Å². The van der Waals surface area contributed by atoms with E-state index in [9.17, 15) is 14.7 Å². The molecule has 2 N–H and O–H groups in total.